The normalized spacial score (nSPS) is 14.9. The third-order valence-corrected chi connectivity index (χ3v) is 5.97. The topological polar surface area (TPSA) is 159 Å². The molecule has 0 atom stereocenters. The molecule has 5 heterocycles. The van der Waals surface area contributed by atoms with Gasteiger partial charge in [-0.1, -0.05) is 6.07 Å². The lowest BCUT2D eigenvalue weighted by Crippen LogP contribution is -2.51. The maximum absolute atomic E-state index is 12.9. The van der Waals surface area contributed by atoms with Crippen LogP contribution in [-0.2, 0) is 9.59 Å². The third kappa shape index (κ3) is 4.73. The van der Waals surface area contributed by atoms with Gasteiger partial charge in [0.1, 0.15) is 11.5 Å². The number of hydrogen-bond donors (Lipinski definition) is 3. The van der Waals surface area contributed by atoms with Gasteiger partial charge < -0.3 is 19.7 Å². The summed E-state index contributed by atoms with van der Waals surface area (Å²) >= 11 is 0. The van der Waals surface area contributed by atoms with Crippen LogP contribution < -0.4 is 5.32 Å². The molecule has 4 aromatic heterocycles. The molecule has 1 saturated carbocycles. The van der Waals surface area contributed by atoms with E-state index in [1.165, 1.54) is 0 Å². The molecule has 0 spiro atoms. The lowest BCUT2D eigenvalue weighted by atomic mass is 10.1. The Labute approximate surface area is 204 Å². The number of nitrogens with one attached hydrogen (secondary N) is 2. The summed E-state index contributed by atoms with van der Waals surface area (Å²) in [6.07, 6.45) is 8.79. The van der Waals surface area contributed by atoms with Gasteiger partial charge in [-0.05, 0) is 37.1 Å². The van der Waals surface area contributed by atoms with Crippen molar-refractivity contribution in [1.29, 1.82) is 0 Å². The predicted octanol–water partition coefficient (Wildman–Crippen LogP) is 2.67. The van der Waals surface area contributed by atoms with Gasteiger partial charge in [-0.3, -0.25) is 29.1 Å². The van der Waals surface area contributed by atoms with Gasteiger partial charge in [0, 0.05) is 37.6 Å². The summed E-state index contributed by atoms with van der Waals surface area (Å²) in [6, 6.07) is 8.95. The monoisotopic (exact) mass is 489 g/mol. The second kappa shape index (κ2) is 9.86. The molecule has 2 fully saturated rings. The number of furan rings is 1. The molecule has 1 aliphatic heterocycles. The molecule has 0 bridgehead atoms. The summed E-state index contributed by atoms with van der Waals surface area (Å²) in [5.41, 5.74) is 2.51. The first-order valence-electron chi connectivity index (χ1n) is 11.3. The molecule has 4 aromatic rings. The van der Waals surface area contributed by atoms with Gasteiger partial charge in [0.05, 0.1) is 29.2 Å². The van der Waals surface area contributed by atoms with Gasteiger partial charge in [-0.2, -0.15) is 10.2 Å². The minimum absolute atomic E-state index is 0.0668. The first-order valence-corrected chi connectivity index (χ1v) is 11.3. The van der Waals surface area contributed by atoms with E-state index in [1.54, 1.807) is 36.9 Å². The predicted molar refractivity (Wildman–Crippen MR) is 127 cm³/mol. The molecule has 0 unspecified atom stereocenters. The molecule has 0 aromatic carbocycles. The van der Waals surface area contributed by atoms with Crippen molar-refractivity contribution in [3.05, 3.63) is 60.9 Å². The number of H-pyrrole nitrogens is 1. The Bertz CT molecular complexity index is 1350. The van der Waals surface area contributed by atoms with Crippen LogP contribution in [0.2, 0.25) is 0 Å². The number of nitrogens with zero attached hydrogens (tertiary/aromatic N) is 5. The molecule has 12 heteroatoms. The Kier molecular flexibility index (Phi) is 6.31. The lowest BCUT2D eigenvalue weighted by Gasteiger charge is -2.39. The SMILES string of the molecule is O=C(Nc1cn(C2CN(C(=O)C3CC3)C2)nc1-c1ccccn1)c1ccc(-c2cn[nH]c2)o1.O=CO. The Morgan fingerprint density at radius 3 is 2.67 bits per heavy atom. The zero-order valence-corrected chi connectivity index (χ0v) is 19.1. The maximum Gasteiger partial charge on any atom is 0.291 e. The van der Waals surface area contributed by atoms with Crippen molar-refractivity contribution in [2.45, 2.75) is 18.9 Å². The van der Waals surface area contributed by atoms with Crippen LogP contribution in [0.25, 0.3) is 22.7 Å². The number of aromatic nitrogens is 5. The van der Waals surface area contributed by atoms with E-state index in [1.807, 2.05) is 27.8 Å². The number of carbonyl (C=O) groups excluding carboxylic acids is 2. The smallest absolute Gasteiger partial charge is 0.291 e. The number of rotatable bonds is 6. The molecule has 0 radical (unpaired) electrons. The molecule has 2 amide bonds. The first kappa shape index (κ1) is 23.0. The zero-order valence-electron chi connectivity index (χ0n) is 19.1. The number of carboxylic acid groups (broad SMARTS) is 1. The van der Waals surface area contributed by atoms with E-state index in [-0.39, 0.29) is 36.0 Å². The first-order chi connectivity index (χ1) is 17.6. The van der Waals surface area contributed by atoms with Crippen LogP contribution in [0, 0.1) is 5.92 Å². The van der Waals surface area contributed by atoms with Crippen LogP contribution >= 0.6 is 0 Å². The maximum atomic E-state index is 12.9. The van der Waals surface area contributed by atoms with Crippen LogP contribution in [0.3, 0.4) is 0 Å². The fourth-order valence-corrected chi connectivity index (χ4v) is 3.94. The fourth-order valence-electron chi connectivity index (χ4n) is 3.94. The van der Waals surface area contributed by atoms with Crippen molar-refractivity contribution in [3.8, 4) is 22.7 Å². The minimum atomic E-state index is -0.388. The van der Waals surface area contributed by atoms with Crippen molar-refractivity contribution in [2.75, 3.05) is 18.4 Å². The van der Waals surface area contributed by atoms with Crippen molar-refractivity contribution >= 4 is 24.0 Å². The van der Waals surface area contributed by atoms with Gasteiger partial charge in [0.25, 0.3) is 12.4 Å². The zero-order chi connectivity index (χ0) is 25.1. The highest BCUT2D eigenvalue weighted by atomic mass is 16.4. The third-order valence-electron chi connectivity index (χ3n) is 5.97. The Morgan fingerprint density at radius 2 is 2.00 bits per heavy atom. The van der Waals surface area contributed by atoms with E-state index in [2.05, 4.69) is 20.5 Å². The fraction of sp³-hybridized carbons (Fsp3) is 0.250. The molecular weight excluding hydrogens is 466 g/mol. The summed E-state index contributed by atoms with van der Waals surface area (Å²) in [6.45, 7) is 0.997. The van der Waals surface area contributed by atoms with E-state index < -0.39 is 0 Å². The molecule has 6 rings (SSSR count). The number of amides is 2. The van der Waals surface area contributed by atoms with Crippen LogP contribution in [-0.4, -0.2) is 66.3 Å². The van der Waals surface area contributed by atoms with Crippen LogP contribution in [0.5, 0.6) is 0 Å². The lowest BCUT2D eigenvalue weighted by molar-refractivity contribution is -0.138. The van der Waals surface area contributed by atoms with Crippen molar-refractivity contribution in [3.63, 3.8) is 0 Å². The quantitative estimate of drug-likeness (QED) is 0.349. The number of aromatic amines is 1. The largest absolute Gasteiger partial charge is 0.483 e. The number of likely N-dealkylation sites (tertiary alicyclic amines) is 1. The van der Waals surface area contributed by atoms with E-state index >= 15 is 0 Å². The highest BCUT2D eigenvalue weighted by Crippen LogP contribution is 2.35. The summed E-state index contributed by atoms with van der Waals surface area (Å²) in [4.78, 5) is 39.8. The van der Waals surface area contributed by atoms with Crippen molar-refractivity contribution < 1.29 is 23.9 Å². The summed E-state index contributed by atoms with van der Waals surface area (Å²) in [5.74, 6) is 0.784. The van der Waals surface area contributed by atoms with Gasteiger partial charge in [-0.15, -0.1) is 0 Å². The van der Waals surface area contributed by atoms with E-state index in [0.717, 1.165) is 18.4 Å². The van der Waals surface area contributed by atoms with E-state index in [9.17, 15) is 9.59 Å². The van der Waals surface area contributed by atoms with Crippen molar-refractivity contribution in [2.24, 2.45) is 5.92 Å². The molecule has 12 nitrogen and oxygen atoms in total. The van der Waals surface area contributed by atoms with Crippen LogP contribution in [0.1, 0.15) is 29.4 Å². The van der Waals surface area contributed by atoms with Gasteiger partial charge in [-0.25, -0.2) is 0 Å². The summed E-state index contributed by atoms with van der Waals surface area (Å²) in [7, 11) is 0. The van der Waals surface area contributed by atoms with Gasteiger partial charge in [0.2, 0.25) is 5.91 Å². The second-order valence-corrected chi connectivity index (χ2v) is 8.47. The standard InChI is InChI=1S/C23H21N7O3.CH2O2/c31-22(20-7-6-19(33-20)15-9-25-26-10-15)27-18-13-30(28-21(18)17-3-1-2-8-24-17)16-11-29(12-16)23(32)14-4-5-14;2-1-3/h1-3,6-10,13-14,16H,4-5,11-12H2,(H,25,26)(H,27,31);1H,(H,2,3). The Morgan fingerprint density at radius 1 is 1.19 bits per heavy atom. The number of pyridine rings is 1. The van der Waals surface area contributed by atoms with Gasteiger partial charge >= 0.3 is 0 Å². The molecule has 2 aliphatic rings. The second-order valence-electron chi connectivity index (χ2n) is 8.47. The highest BCUT2D eigenvalue weighted by molar-refractivity contribution is 6.04. The number of carbonyl (C=O) groups is 3. The summed E-state index contributed by atoms with van der Waals surface area (Å²) < 4.78 is 7.52. The number of anilines is 1. The molecule has 1 aliphatic carbocycles. The van der Waals surface area contributed by atoms with Crippen LogP contribution in [0.4, 0.5) is 5.69 Å². The Balaban J connectivity index is 0.000000848. The minimum Gasteiger partial charge on any atom is -0.483 e. The molecular formula is C24H23N7O5. The van der Waals surface area contributed by atoms with Crippen LogP contribution in [0.15, 0.2) is 59.5 Å². The van der Waals surface area contributed by atoms with E-state index in [0.29, 0.717) is 35.9 Å². The average molecular weight is 489 g/mol. The van der Waals surface area contributed by atoms with E-state index in [4.69, 9.17) is 19.4 Å². The van der Waals surface area contributed by atoms with Crippen molar-refractivity contribution in [1.82, 2.24) is 29.9 Å². The molecule has 184 valence electrons. The van der Waals surface area contributed by atoms with Gasteiger partial charge in [0.15, 0.2) is 5.76 Å². The highest BCUT2D eigenvalue weighted by Gasteiger charge is 2.40. The molecule has 1 saturated heterocycles. The molecule has 3 N–H and O–H groups in total. The summed E-state index contributed by atoms with van der Waals surface area (Å²) in [5, 5.41) is 21.1. The average Bonchev–Trinajstić information content (AvgIpc) is 3.23. The molecule has 36 heavy (non-hydrogen) atoms. The number of hydrogen-bond acceptors (Lipinski definition) is 7. The Hall–Kier alpha value is -4.74.